The van der Waals surface area contributed by atoms with Crippen LogP contribution < -0.4 is 20.3 Å². The standard InChI is InChI=1S/C27H30N4O5/c1-34-14-8-13-30-18-29-24-21(19-9-5-4-6-10-19)16-31(25(24)27(30)33)17-23(32)28-15-20-11-7-12-22(35-2)26(20)36-3/h4-7,9-12,16,18H,8,13-15,17H2,1-3H3,(H,28,32). The second kappa shape index (κ2) is 11.5. The molecule has 0 saturated heterocycles. The summed E-state index contributed by atoms with van der Waals surface area (Å²) in [6, 6.07) is 15.2. The van der Waals surface area contributed by atoms with Crippen molar-refractivity contribution in [2.24, 2.45) is 0 Å². The highest BCUT2D eigenvalue weighted by atomic mass is 16.5. The van der Waals surface area contributed by atoms with Gasteiger partial charge in [-0.05, 0) is 18.1 Å². The van der Waals surface area contributed by atoms with E-state index in [0.717, 1.165) is 16.7 Å². The van der Waals surface area contributed by atoms with Crippen molar-refractivity contribution in [2.75, 3.05) is 27.9 Å². The number of nitrogens with zero attached hydrogens (tertiary/aromatic N) is 3. The molecule has 9 nitrogen and oxygen atoms in total. The zero-order chi connectivity index (χ0) is 25.5. The predicted molar refractivity (Wildman–Crippen MR) is 137 cm³/mol. The first-order valence-electron chi connectivity index (χ1n) is 11.7. The van der Waals surface area contributed by atoms with E-state index in [2.05, 4.69) is 10.3 Å². The first-order chi connectivity index (χ1) is 17.6. The third-order valence-electron chi connectivity index (χ3n) is 5.95. The van der Waals surface area contributed by atoms with Gasteiger partial charge in [0.2, 0.25) is 5.91 Å². The first kappa shape index (κ1) is 25.0. The molecule has 0 aliphatic carbocycles. The van der Waals surface area contributed by atoms with Gasteiger partial charge in [0.25, 0.3) is 5.56 Å². The largest absolute Gasteiger partial charge is 0.493 e. The van der Waals surface area contributed by atoms with Crippen LogP contribution in [0.1, 0.15) is 12.0 Å². The van der Waals surface area contributed by atoms with Crippen molar-refractivity contribution >= 4 is 16.9 Å². The Balaban J connectivity index is 1.64. The molecule has 4 rings (SSSR count). The lowest BCUT2D eigenvalue weighted by molar-refractivity contribution is -0.121. The van der Waals surface area contributed by atoms with Crippen LogP contribution in [-0.2, 0) is 29.2 Å². The highest BCUT2D eigenvalue weighted by Gasteiger charge is 2.18. The molecule has 0 aliphatic rings. The Morgan fingerprint density at radius 1 is 1.00 bits per heavy atom. The molecule has 36 heavy (non-hydrogen) atoms. The summed E-state index contributed by atoms with van der Waals surface area (Å²) in [4.78, 5) is 31.0. The number of aromatic nitrogens is 3. The van der Waals surface area contributed by atoms with Crippen LogP contribution in [0.15, 0.2) is 65.8 Å². The third kappa shape index (κ3) is 5.26. The van der Waals surface area contributed by atoms with Gasteiger partial charge in [-0.3, -0.25) is 14.2 Å². The minimum absolute atomic E-state index is 0.0331. The molecule has 1 N–H and O–H groups in total. The Labute approximate surface area is 209 Å². The van der Waals surface area contributed by atoms with Gasteiger partial charge < -0.3 is 24.1 Å². The number of carbonyl (C=O) groups is 1. The number of hydrogen-bond donors (Lipinski definition) is 1. The maximum atomic E-state index is 13.4. The number of methoxy groups -OCH3 is 3. The van der Waals surface area contributed by atoms with Gasteiger partial charge >= 0.3 is 0 Å². The number of para-hydroxylation sites is 1. The van der Waals surface area contributed by atoms with E-state index in [1.165, 1.54) is 0 Å². The second-order valence-electron chi connectivity index (χ2n) is 8.25. The van der Waals surface area contributed by atoms with Crippen LogP contribution >= 0.6 is 0 Å². The average molecular weight is 491 g/mol. The van der Waals surface area contributed by atoms with Gasteiger partial charge in [-0.2, -0.15) is 0 Å². The molecule has 2 heterocycles. The van der Waals surface area contributed by atoms with E-state index in [9.17, 15) is 9.59 Å². The maximum absolute atomic E-state index is 13.4. The highest BCUT2D eigenvalue weighted by Crippen LogP contribution is 2.31. The molecule has 2 aromatic carbocycles. The SMILES string of the molecule is COCCCn1cnc2c(-c3ccccc3)cn(CC(=O)NCc3cccc(OC)c3OC)c2c1=O. The summed E-state index contributed by atoms with van der Waals surface area (Å²) in [6.45, 7) is 1.23. The number of fused-ring (bicyclic) bond motifs is 1. The lowest BCUT2D eigenvalue weighted by Gasteiger charge is -2.13. The summed E-state index contributed by atoms with van der Waals surface area (Å²) in [5, 5.41) is 2.92. The Hall–Kier alpha value is -4.11. The van der Waals surface area contributed by atoms with Crippen molar-refractivity contribution in [3.05, 3.63) is 77.0 Å². The number of benzene rings is 2. The molecule has 0 radical (unpaired) electrons. The molecule has 0 bridgehead atoms. The molecule has 0 spiro atoms. The van der Waals surface area contributed by atoms with Crippen LogP contribution in [0, 0.1) is 0 Å². The molecular formula is C27H30N4O5. The van der Waals surface area contributed by atoms with Crippen molar-refractivity contribution in [2.45, 2.75) is 26.1 Å². The fourth-order valence-corrected chi connectivity index (χ4v) is 4.21. The Morgan fingerprint density at radius 3 is 2.53 bits per heavy atom. The van der Waals surface area contributed by atoms with Crippen LogP contribution in [0.5, 0.6) is 11.5 Å². The number of rotatable bonds is 11. The predicted octanol–water partition coefficient (Wildman–Crippen LogP) is 3.24. The van der Waals surface area contributed by atoms with E-state index in [1.54, 1.807) is 42.9 Å². The van der Waals surface area contributed by atoms with Crippen molar-refractivity contribution < 1.29 is 19.0 Å². The fourth-order valence-electron chi connectivity index (χ4n) is 4.21. The number of nitrogens with one attached hydrogen (secondary N) is 1. The topological polar surface area (TPSA) is 96.6 Å². The smallest absolute Gasteiger partial charge is 0.277 e. The molecule has 188 valence electrons. The van der Waals surface area contributed by atoms with Gasteiger partial charge in [-0.1, -0.05) is 42.5 Å². The fraction of sp³-hybridized carbons (Fsp3) is 0.296. The molecule has 4 aromatic rings. The van der Waals surface area contributed by atoms with Crippen LogP contribution in [0.2, 0.25) is 0 Å². The molecule has 0 unspecified atom stereocenters. The Morgan fingerprint density at radius 2 is 1.81 bits per heavy atom. The quantitative estimate of drug-likeness (QED) is 0.324. The highest BCUT2D eigenvalue weighted by molar-refractivity contribution is 5.93. The molecule has 0 saturated carbocycles. The van der Waals surface area contributed by atoms with E-state index in [1.807, 2.05) is 48.7 Å². The van der Waals surface area contributed by atoms with Crippen LogP contribution in [0.25, 0.3) is 22.2 Å². The molecule has 0 atom stereocenters. The van der Waals surface area contributed by atoms with Crippen LogP contribution in [-0.4, -0.2) is 48.0 Å². The Bertz CT molecular complexity index is 1390. The third-order valence-corrected chi connectivity index (χ3v) is 5.95. The summed E-state index contributed by atoms with van der Waals surface area (Å²) in [5.41, 5.74) is 3.27. The lowest BCUT2D eigenvalue weighted by atomic mass is 10.1. The molecule has 0 fully saturated rings. The van der Waals surface area contributed by atoms with Crippen molar-refractivity contribution in [3.63, 3.8) is 0 Å². The van der Waals surface area contributed by atoms with Gasteiger partial charge in [0.1, 0.15) is 17.6 Å². The van der Waals surface area contributed by atoms with E-state index in [-0.39, 0.29) is 24.6 Å². The molecule has 1 amide bonds. The average Bonchev–Trinajstić information content (AvgIpc) is 3.27. The minimum atomic E-state index is -0.245. The molecule has 0 aliphatic heterocycles. The zero-order valence-electron chi connectivity index (χ0n) is 20.7. The number of hydrogen-bond acceptors (Lipinski definition) is 6. The summed E-state index contributed by atoms with van der Waals surface area (Å²) in [6.07, 6.45) is 4.06. The number of ether oxygens (including phenoxy) is 3. The number of amides is 1. The van der Waals surface area contributed by atoms with E-state index >= 15 is 0 Å². The summed E-state index contributed by atoms with van der Waals surface area (Å²) < 4.78 is 19.1. The van der Waals surface area contributed by atoms with E-state index in [4.69, 9.17) is 14.2 Å². The van der Waals surface area contributed by atoms with Crippen LogP contribution in [0.4, 0.5) is 0 Å². The van der Waals surface area contributed by atoms with Crippen molar-refractivity contribution in [1.82, 2.24) is 19.4 Å². The minimum Gasteiger partial charge on any atom is -0.493 e. The molecular weight excluding hydrogens is 460 g/mol. The van der Waals surface area contributed by atoms with Gasteiger partial charge in [-0.15, -0.1) is 0 Å². The Kier molecular flexibility index (Phi) is 8.02. The molecule has 2 aromatic heterocycles. The monoisotopic (exact) mass is 490 g/mol. The van der Waals surface area contributed by atoms with Gasteiger partial charge in [0.05, 0.1) is 20.5 Å². The van der Waals surface area contributed by atoms with Crippen LogP contribution in [0.3, 0.4) is 0 Å². The van der Waals surface area contributed by atoms with Crippen molar-refractivity contribution in [3.8, 4) is 22.6 Å². The van der Waals surface area contributed by atoms with E-state index < -0.39 is 0 Å². The molecule has 9 heteroatoms. The van der Waals surface area contributed by atoms with Gasteiger partial charge in [0, 0.05) is 44.1 Å². The normalized spacial score (nSPS) is 11.0. The van der Waals surface area contributed by atoms with Gasteiger partial charge in [0.15, 0.2) is 11.5 Å². The summed E-state index contributed by atoms with van der Waals surface area (Å²) in [7, 11) is 4.75. The first-order valence-corrected chi connectivity index (χ1v) is 11.7. The number of aryl methyl sites for hydroxylation is 1. The zero-order valence-corrected chi connectivity index (χ0v) is 20.7. The van der Waals surface area contributed by atoms with Crippen molar-refractivity contribution in [1.29, 1.82) is 0 Å². The number of carbonyl (C=O) groups excluding carboxylic acids is 1. The summed E-state index contributed by atoms with van der Waals surface area (Å²) in [5.74, 6) is 0.917. The lowest BCUT2D eigenvalue weighted by Crippen LogP contribution is -2.29. The maximum Gasteiger partial charge on any atom is 0.277 e. The van der Waals surface area contributed by atoms with Gasteiger partial charge in [-0.25, -0.2) is 4.98 Å². The summed E-state index contributed by atoms with van der Waals surface area (Å²) >= 11 is 0. The van der Waals surface area contributed by atoms with E-state index in [0.29, 0.717) is 42.1 Å². The second-order valence-corrected chi connectivity index (χ2v) is 8.25.